The molecule has 1 heterocycles. The standard InChI is InChI=1S/C10H15NO3/c1-2-5-9(12)11-7-4-3-6-8(11)10(13)14/h2,5,8H,3-4,6-7H2,1H3,(H,13,14)/b5-2+/t8-/m0/s1. The molecule has 4 nitrogen and oxygen atoms in total. The van der Waals surface area contributed by atoms with Crippen molar-refractivity contribution in [3.8, 4) is 0 Å². The summed E-state index contributed by atoms with van der Waals surface area (Å²) in [5.74, 6) is -1.10. The molecule has 1 N–H and O–H groups in total. The summed E-state index contributed by atoms with van der Waals surface area (Å²) < 4.78 is 0. The highest BCUT2D eigenvalue weighted by atomic mass is 16.4. The van der Waals surface area contributed by atoms with E-state index in [0.717, 1.165) is 12.8 Å². The molecule has 0 aromatic carbocycles. The Morgan fingerprint density at radius 1 is 1.43 bits per heavy atom. The number of carboxylic acids is 1. The third-order valence-corrected chi connectivity index (χ3v) is 2.38. The van der Waals surface area contributed by atoms with Crippen LogP contribution in [0.4, 0.5) is 0 Å². The summed E-state index contributed by atoms with van der Waals surface area (Å²) in [4.78, 5) is 23.8. The van der Waals surface area contributed by atoms with Gasteiger partial charge in [-0.3, -0.25) is 4.79 Å². The minimum absolute atomic E-state index is 0.195. The molecule has 4 heteroatoms. The Morgan fingerprint density at radius 2 is 2.14 bits per heavy atom. The minimum Gasteiger partial charge on any atom is -0.480 e. The topological polar surface area (TPSA) is 57.6 Å². The molecular weight excluding hydrogens is 182 g/mol. The van der Waals surface area contributed by atoms with Crippen LogP contribution < -0.4 is 0 Å². The predicted molar refractivity (Wildman–Crippen MR) is 51.8 cm³/mol. The molecule has 1 rings (SSSR count). The first-order valence-corrected chi connectivity index (χ1v) is 4.83. The molecular formula is C10H15NO3. The van der Waals surface area contributed by atoms with Crippen LogP contribution in [0.2, 0.25) is 0 Å². The van der Waals surface area contributed by atoms with Gasteiger partial charge in [-0.1, -0.05) is 6.08 Å². The Labute approximate surface area is 83.2 Å². The number of allylic oxidation sites excluding steroid dienone is 1. The largest absolute Gasteiger partial charge is 0.480 e. The van der Waals surface area contributed by atoms with Gasteiger partial charge in [-0.2, -0.15) is 0 Å². The molecule has 0 unspecified atom stereocenters. The number of hydrogen-bond acceptors (Lipinski definition) is 2. The normalized spacial score (nSPS) is 22.6. The van der Waals surface area contributed by atoms with Crippen molar-refractivity contribution in [2.45, 2.75) is 32.2 Å². The van der Waals surface area contributed by atoms with Crippen LogP contribution in [0.3, 0.4) is 0 Å². The number of hydrogen-bond donors (Lipinski definition) is 1. The fourth-order valence-electron chi connectivity index (χ4n) is 1.69. The second-order valence-electron chi connectivity index (χ2n) is 3.38. The van der Waals surface area contributed by atoms with E-state index in [2.05, 4.69) is 0 Å². The highest BCUT2D eigenvalue weighted by Gasteiger charge is 2.30. The summed E-state index contributed by atoms with van der Waals surface area (Å²) in [6.07, 6.45) is 5.40. The van der Waals surface area contributed by atoms with Gasteiger partial charge in [0.2, 0.25) is 5.91 Å². The third kappa shape index (κ3) is 2.34. The molecule has 1 aliphatic heterocycles. The highest BCUT2D eigenvalue weighted by molar-refractivity contribution is 5.91. The number of rotatable bonds is 2. The monoisotopic (exact) mass is 197 g/mol. The molecule has 0 saturated carbocycles. The molecule has 0 radical (unpaired) electrons. The molecule has 0 spiro atoms. The van der Waals surface area contributed by atoms with E-state index in [1.807, 2.05) is 0 Å². The van der Waals surface area contributed by atoms with Gasteiger partial charge in [0.05, 0.1) is 0 Å². The highest BCUT2D eigenvalue weighted by Crippen LogP contribution is 2.17. The third-order valence-electron chi connectivity index (χ3n) is 2.38. The van der Waals surface area contributed by atoms with E-state index >= 15 is 0 Å². The number of carboxylic acid groups (broad SMARTS) is 1. The maximum absolute atomic E-state index is 11.5. The van der Waals surface area contributed by atoms with Gasteiger partial charge in [-0.05, 0) is 32.3 Å². The molecule has 1 aliphatic rings. The fourth-order valence-corrected chi connectivity index (χ4v) is 1.69. The van der Waals surface area contributed by atoms with Crippen LogP contribution in [0.25, 0.3) is 0 Å². The Bertz CT molecular complexity index is 260. The van der Waals surface area contributed by atoms with Gasteiger partial charge in [0, 0.05) is 6.54 Å². The van der Waals surface area contributed by atoms with Crippen LogP contribution in [0, 0.1) is 0 Å². The molecule has 0 aromatic rings. The molecule has 1 saturated heterocycles. The van der Waals surface area contributed by atoms with Gasteiger partial charge in [-0.25, -0.2) is 4.79 Å². The maximum atomic E-state index is 11.5. The van der Waals surface area contributed by atoms with Crippen molar-refractivity contribution in [2.24, 2.45) is 0 Å². The molecule has 1 fully saturated rings. The molecule has 1 amide bonds. The zero-order valence-electron chi connectivity index (χ0n) is 8.27. The molecule has 0 aliphatic carbocycles. The minimum atomic E-state index is -0.900. The van der Waals surface area contributed by atoms with E-state index in [4.69, 9.17) is 5.11 Å². The average molecular weight is 197 g/mol. The summed E-state index contributed by atoms with van der Waals surface area (Å²) in [6.45, 7) is 2.30. The zero-order chi connectivity index (χ0) is 10.6. The second-order valence-corrected chi connectivity index (χ2v) is 3.38. The maximum Gasteiger partial charge on any atom is 0.326 e. The summed E-state index contributed by atoms with van der Waals surface area (Å²) in [7, 11) is 0. The first-order chi connectivity index (χ1) is 6.66. The lowest BCUT2D eigenvalue weighted by Crippen LogP contribution is -2.47. The van der Waals surface area contributed by atoms with Crippen molar-refractivity contribution in [3.63, 3.8) is 0 Å². The number of carbonyl (C=O) groups is 2. The molecule has 14 heavy (non-hydrogen) atoms. The Morgan fingerprint density at radius 3 is 2.71 bits per heavy atom. The van der Waals surface area contributed by atoms with Crippen molar-refractivity contribution >= 4 is 11.9 Å². The Kier molecular flexibility index (Phi) is 3.68. The van der Waals surface area contributed by atoms with Crippen molar-refractivity contribution in [1.29, 1.82) is 0 Å². The van der Waals surface area contributed by atoms with E-state index < -0.39 is 12.0 Å². The van der Waals surface area contributed by atoms with Crippen LogP contribution in [0.15, 0.2) is 12.2 Å². The molecule has 1 atom stereocenters. The smallest absolute Gasteiger partial charge is 0.326 e. The lowest BCUT2D eigenvalue weighted by Gasteiger charge is -2.32. The van der Waals surface area contributed by atoms with E-state index in [9.17, 15) is 9.59 Å². The number of carbonyl (C=O) groups excluding carboxylic acids is 1. The number of amides is 1. The summed E-state index contributed by atoms with van der Waals surface area (Å²) in [5.41, 5.74) is 0. The van der Waals surface area contributed by atoms with Gasteiger partial charge in [0.25, 0.3) is 0 Å². The molecule has 78 valence electrons. The fraction of sp³-hybridized carbons (Fsp3) is 0.600. The molecule has 0 aromatic heterocycles. The SMILES string of the molecule is C/C=C/C(=O)N1CCCC[C@H]1C(=O)O. The number of piperidine rings is 1. The number of nitrogens with zero attached hydrogens (tertiary/aromatic N) is 1. The van der Waals surface area contributed by atoms with E-state index in [1.54, 1.807) is 13.0 Å². The summed E-state index contributed by atoms with van der Waals surface area (Å²) >= 11 is 0. The van der Waals surface area contributed by atoms with Crippen molar-refractivity contribution in [2.75, 3.05) is 6.54 Å². The van der Waals surface area contributed by atoms with Crippen LogP contribution in [0.5, 0.6) is 0 Å². The van der Waals surface area contributed by atoms with Gasteiger partial charge >= 0.3 is 5.97 Å². The average Bonchev–Trinajstić information content (AvgIpc) is 2.18. The second kappa shape index (κ2) is 4.79. The quantitative estimate of drug-likeness (QED) is 0.672. The summed E-state index contributed by atoms with van der Waals surface area (Å²) in [6, 6.07) is -0.632. The van der Waals surface area contributed by atoms with Crippen molar-refractivity contribution < 1.29 is 14.7 Å². The first-order valence-electron chi connectivity index (χ1n) is 4.83. The van der Waals surface area contributed by atoms with Crippen LogP contribution in [-0.4, -0.2) is 34.5 Å². The van der Waals surface area contributed by atoms with Crippen LogP contribution in [-0.2, 0) is 9.59 Å². The molecule has 0 bridgehead atoms. The van der Waals surface area contributed by atoms with E-state index in [1.165, 1.54) is 11.0 Å². The summed E-state index contributed by atoms with van der Waals surface area (Å²) in [5, 5.41) is 8.91. The van der Waals surface area contributed by atoms with Crippen LogP contribution >= 0.6 is 0 Å². The van der Waals surface area contributed by atoms with Gasteiger partial charge in [0.1, 0.15) is 6.04 Å². The Hall–Kier alpha value is -1.32. The van der Waals surface area contributed by atoms with Crippen molar-refractivity contribution in [1.82, 2.24) is 4.90 Å². The van der Waals surface area contributed by atoms with E-state index in [0.29, 0.717) is 13.0 Å². The lowest BCUT2D eigenvalue weighted by molar-refractivity contribution is -0.150. The lowest BCUT2D eigenvalue weighted by atomic mass is 10.0. The van der Waals surface area contributed by atoms with Crippen LogP contribution in [0.1, 0.15) is 26.2 Å². The Balaban J connectivity index is 2.72. The van der Waals surface area contributed by atoms with Crippen molar-refractivity contribution in [3.05, 3.63) is 12.2 Å². The number of aliphatic carboxylic acids is 1. The van der Waals surface area contributed by atoms with Gasteiger partial charge in [0.15, 0.2) is 0 Å². The van der Waals surface area contributed by atoms with E-state index in [-0.39, 0.29) is 5.91 Å². The zero-order valence-corrected chi connectivity index (χ0v) is 8.27. The number of likely N-dealkylation sites (tertiary alicyclic amines) is 1. The first kappa shape index (κ1) is 10.8. The van der Waals surface area contributed by atoms with Gasteiger partial charge < -0.3 is 10.0 Å². The predicted octanol–water partition coefficient (Wildman–Crippen LogP) is 1.03. The van der Waals surface area contributed by atoms with Gasteiger partial charge in [-0.15, -0.1) is 0 Å².